The average molecular weight is 237 g/mol. The molecule has 1 aliphatic rings. The molecule has 0 saturated carbocycles. The molecule has 4 heteroatoms. The van der Waals surface area contributed by atoms with E-state index in [0.29, 0.717) is 0 Å². The van der Waals surface area contributed by atoms with Gasteiger partial charge in [0.1, 0.15) is 0 Å². The van der Waals surface area contributed by atoms with Crippen LogP contribution >= 0.6 is 0 Å². The van der Waals surface area contributed by atoms with Crippen molar-refractivity contribution < 1.29 is 4.74 Å². The van der Waals surface area contributed by atoms with Gasteiger partial charge in [0.15, 0.2) is 0 Å². The highest BCUT2D eigenvalue weighted by Crippen LogP contribution is 2.18. The summed E-state index contributed by atoms with van der Waals surface area (Å²) < 4.78 is 7.63. The molecule has 0 aliphatic carbocycles. The van der Waals surface area contributed by atoms with Crippen LogP contribution in [0.1, 0.15) is 38.8 Å². The van der Waals surface area contributed by atoms with Gasteiger partial charge in [0, 0.05) is 31.4 Å². The smallest absolute Gasteiger partial charge is 0.0645 e. The number of nitrogens with zero attached hydrogens (tertiary/aromatic N) is 2. The third-order valence-electron chi connectivity index (χ3n) is 3.37. The Bertz CT molecular complexity index is 342. The van der Waals surface area contributed by atoms with E-state index in [4.69, 9.17) is 4.74 Å². The van der Waals surface area contributed by atoms with E-state index in [1.165, 1.54) is 12.1 Å². The molecule has 1 aromatic heterocycles. The van der Waals surface area contributed by atoms with Crippen molar-refractivity contribution in [3.63, 3.8) is 0 Å². The van der Waals surface area contributed by atoms with Crippen LogP contribution in [0.15, 0.2) is 12.3 Å². The van der Waals surface area contributed by atoms with Gasteiger partial charge in [-0.05, 0) is 32.3 Å². The number of hydrogen-bond donors (Lipinski definition) is 1. The Morgan fingerprint density at radius 3 is 3.18 bits per heavy atom. The van der Waals surface area contributed by atoms with Gasteiger partial charge in [0.05, 0.1) is 12.3 Å². The van der Waals surface area contributed by atoms with Gasteiger partial charge in [-0.25, -0.2) is 0 Å². The lowest BCUT2D eigenvalue weighted by atomic mass is 9.95. The maximum atomic E-state index is 5.55. The second-order valence-electron chi connectivity index (χ2n) is 5.12. The van der Waals surface area contributed by atoms with Crippen molar-refractivity contribution in [2.24, 2.45) is 0 Å². The Morgan fingerprint density at radius 1 is 1.59 bits per heavy atom. The molecule has 1 aromatic rings. The molecule has 2 heterocycles. The summed E-state index contributed by atoms with van der Waals surface area (Å²) in [5.41, 5.74) is 1.39. The summed E-state index contributed by atoms with van der Waals surface area (Å²) in [6.07, 6.45) is 5.34. The highest BCUT2D eigenvalue weighted by Gasteiger charge is 2.26. The predicted molar refractivity (Wildman–Crippen MR) is 67.8 cm³/mol. The summed E-state index contributed by atoms with van der Waals surface area (Å²) >= 11 is 0. The Morgan fingerprint density at radius 2 is 2.47 bits per heavy atom. The Kier molecular flexibility index (Phi) is 4.18. The summed E-state index contributed by atoms with van der Waals surface area (Å²) in [6.45, 7) is 8.01. The Balaban J connectivity index is 1.90. The molecule has 0 amide bonds. The van der Waals surface area contributed by atoms with E-state index in [1.54, 1.807) is 0 Å². The zero-order valence-electron chi connectivity index (χ0n) is 10.9. The summed E-state index contributed by atoms with van der Waals surface area (Å²) in [4.78, 5) is 0. The number of hydrogen-bond acceptors (Lipinski definition) is 3. The van der Waals surface area contributed by atoms with Gasteiger partial charge >= 0.3 is 0 Å². The molecule has 0 aromatic carbocycles. The number of rotatable bonds is 5. The van der Waals surface area contributed by atoms with Gasteiger partial charge in [0.2, 0.25) is 0 Å². The number of nitrogens with one attached hydrogen (secondary N) is 1. The van der Waals surface area contributed by atoms with Crippen molar-refractivity contribution in [1.82, 2.24) is 15.1 Å². The Hall–Kier alpha value is -0.870. The molecule has 2 rings (SSSR count). The highest BCUT2D eigenvalue weighted by atomic mass is 16.5. The standard InChI is InChI=1S/C13H23N3O/c1-3-8-16-12(5-7-15-16)10-14-13(2)6-4-9-17-11-13/h5,7,14H,3-4,6,8-11H2,1-2H3. The average Bonchev–Trinajstić information content (AvgIpc) is 2.76. The summed E-state index contributed by atoms with van der Waals surface area (Å²) in [5, 5.41) is 7.95. The van der Waals surface area contributed by atoms with Crippen molar-refractivity contribution in [2.45, 2.75) is 51.7 Å². The van der Waals surface area contributed by atoms with E-state index in [1.807, 2.05) is 6.20 Å². The molecular weight excluding hydrogens is 214 g/mol. The maximum Gasteiger partial charge on any atom is 0.0645 e. The van der Waals surface area contributed by atoms with Crippen LogP contribution in [0.25, 0.3) is 0 Å². The van der Waals surface area contributed by atoms with Crippen LogP contribution in [0.4, 0.5) is 0 Å². The Labute approximate surface area is 103 Å². The molecule has 1 saturated heterocycles. The van der Waals surface area contributed by atoms with Crippen LogP contribution < -0.4 is 5.32 Å². The third kappa shape index (κ3) is 3.30. The molecule has 96 valence electrons. The fourth-order valence-electron chi connectivity index (χ4n) is 2.30. The zero-order valence-corrected chi connectivity index (χ0v) is 10.9. The van der Waals surface area contributed by atoms with Crippen LogP contribution in [0.5, 0.6) is 0 Å². The molecular formula is C13H23N3O. The molecule has 1 unspecified atom stereocenters. The molecule has 4 nitrogen and oxygen atoms in total. The van der Waals surface area contributed by atoms with Crippen LogP contribution in [-0.2, 0) is 17.8 Å². The van der Waals surface area contributed by atoms with Crippen molar-refractivity contribution in [3.8, 4) is 0 Å². The minimum atomic E-state index is 0.125. The molecule has 0 bridgehead atoms. The summed E-state index contributed by atoms with van der Waals surface area (Å²) in [7, 11) is 0. The summed E-state index contributed by atoms with van der Waals surface area (Å²) in [6, 6.07) is 2.09. The van der Waals surface area contributed by atoms with Gasteiger partial charge in [-0.1, -0.05) is 6.92 Å². The first-order valence-corrected chi connectivity index (χ1v) is 6.57. The SMILES string of the molecule is CCCn1nccc1CNC1(C)CCCOC1. The second kappa shape index (κ2) is 5.65. The molecule has 0 radical (unpaired) electrons. The number of aromatic nitrogens is 2. The zero-order chi connectivity index (χ0) is 12.1. The second-order valence-corrected chi connectivity index (χ2v) is 5.12. The minimum absolute atomic E-state index is 0.125. The van der Waals surface area contributed by atoms with Crippen molar-refractivity contribution in [1.29, 1.82) is 0 Å². The number of aryl methyl sites for hydroxylation is 1. The molecule has 1 aliphatic heterocycles. The fourth-order valence-corrected chi connectivity index (χ4v) is 2.30. The van der Waals surface area contributed by atoms with Gasteiger partial charge in [-0.2, -0.15) is 5.10 Å². The van der Waals surface area contributed by atoms with Gasteiger partial charge in [-0.3, -0.25) is 4.68 Å². The third-order valence-corrected chi connectivity index (χ3v) is 3.37. The van der Waals surface area contributed by atoms with Gasteiger partial charge < -0.3 is 10.1 Å². The normalized spacial score (nSPS) is 25.1. The van der Waals surface area contributed by atoms with Crippen LogP contribution in [0.3, 0.4) is 0 Å². The first-order valence-electron chi connectivity index (χ1n) is 6.57. The monoisotopic (exact) mass is 237 g/mol. The van der Waals surface area contributed by atoms with Crippen LogP contribution in [-0.4, -0.2) is 28.5 Å². The van der Waals surface area contributed by atoms with E-state index >= 15 is 0 Å². The molecule has 0 spiro atoms. The lowest BCUT2D eigenvalue weighted by Crippen LogP contribution is -2.48. The first-order chi connectivity index (χ1) is 8.23. The summed E-state index contributed by atoms with van der Waals surface area (Å²) in [5.74, 6) is 0. The first kappa shape index (κ1) is 12.6. The molecule has 1 atom stereocenters. The van der Waals surface area contributed by atoms with Gasteiger partial charge in [0.25, 0.3) is 0 Å². The predicted octanol–water partition coefficient (Wildman–Crippen LogP) is 1.95. The fraction of sp³-hybridized carbons (Fsp3) is 0.769. The quantitative estimate of drug-likeness (QED) is 0.850. The van der Waals surface area contributed by atoms with E-state index in [-0.39, 0.29) is 5.54 Å². The van der Waals surface area contributed by atoms with E-state index in [9.17, 15) is 0 Å². The highest BCUT2D eigenvalue weighted by molar-refractivity contribution is 5.01. The molecule has 17 heavy (non-hydrogen) atoms. The van der Waals surface area contributed by atoms with Gasteiger partial charge in [-0.15, -0.1) is 0 Å². The van der Waals surface area contributed by atoms with E-state index < -0.39 is 0 Å². The molecule has 1 N–H and O–H groups in total. The van der Waals surface area contributed by atoms with Crippen molar-refractivity contribution in [2.75, 3.05) is 13.2 Å². The van der Waals surface area contributed by atoms with E-state index in [0.717, 1.165) is 39.1 Å². The lowest BCUT2D eigenvalue weighted by Gasteiger charge is -2.34. The lowest BCUT2D eigenvalue weighted by molar-refractivity contribution is 0.0275. The van der Waals surface area contributed by atoms with Crippen LogP contribution in [0.2, 0.25) is 0 Å². The van der Waals surface area contributed by atoms with Crippen molar-refractivity contribution >= 4 is 0 Å². The topological polar surface area (TPSA) is 39.1 Å². The van der Waals surface area contributed by atoms with Crippen molar-refractivity contribution in [3.05, 3.63) is 18.0 Å². The maximum absolute atomic E-state index is 5.55. The van der Waals surface area contributed by atoms with Crippen LogP contribution in [0, 0.1) is 0 Å². The minimum Gasteiger partial charge on any atom is -0.380 e. The largest absolute Gasteiger partial charge is 0.380 e. The van der Waals surface area contributed by atoms with E-state index in [2.05, 4.69) is 35.0 Å². The molecule has 1 fully saturated rings. The number of ether oxygens (including phenoxy) is 1.